The van der Waals surface area contributed by atoms with Gasteiger partial charge in [0.25, 0.3) is 5.56 Å². The number of carbonyl (C=O) groups excluding carboxylic acids is 2. The van der Waals surface area contributed by atoms with Crippen LogP contribution in [0.4, 0.5) is 9.18 Å². The van der Waals surface area contributed by atoms with Gasteiger partial charge in [0.15, 0.2) is 0 Å². The van der Waals surface area contributed by atoms with Gasteiger partial charge in [-0.15, -0.1) is 0 Å². The molecule has 0 atom stereocenters. The third-order valence-electron chi connectivity index (χ3n) is 2.40. The third-order valence-corrected chi connectivity index (χ3v) is 2.40. The van der Waals surface area contributed by atoms with Gasteiger partial charge in [-0.25, -0.2) is 14.2 Å². The fourth-order valence-corrected chi connectivity index (χ4v) is 1.50. The highest BCUT2D eigenvalue weighted by molar-refractivity contribution is 5.78. The summed E-state index contributed by atoms with van der Waals surface area (Å²) in [4.78, 5) is 47.0. The molecule has 0 aromatic carbocycles. The van der Waals surface area contributed by atoms with Crippen molar-refractivity contribution in [3.8, 4) is 0 Å². The Kier molecular flexibility index (Phi) is 5.61. The van der Waals surface area contributed by atoms with Gasteiger partial charge in [-0.05, 0) is 27.2 Å². The molecule has 1 aromatic heterocycles. The van der Waals surface area contributed by atoms with Crippen molar-refractivity contribution in [1.29, 1.82) is 0 Å². The van der Waals surface area contributed by atoms with Crippen LogP contribution in [0.1, 0.15) is 38.4 Å². The van der Waals surface area contributed by atoms with Crippen LogP contribution in [0.2, 0.25) is 0 Å². The maximum atomic E-state index is 13.0. The van der Waals surface area contributed by atoms with Crippen molar-refractivity contribution in [3.05, 3.63) is 32.9 Å². The fourth-order valence-electron chi connectivity index (χ4n) is 1.50. The van der Waals surface area contributed by atoms with Gasteiger partial charge in [-0.3, -0.25) is 14.6 Å². The molecule has 0 aliphatic carbocycles. The molecule has 8 nitrogen and oxygen atoms in total. The van der Waals surface area contributed by atoms with E-state index in [1.165, 1.54) is 0 Å². The minimum absolute atomic E-state index is 0.110. The summed E-state index contributed by atoms with van der Waals surface area (Å²) in [5.74, 6) is -1.91. The van der Waals surface area contributed by atoms with Crippen molar-refractivity contribution < 1.29 is 18.7 Å². The predicted octanol–water partition coefficient (Wildman–Crippen LogP) is 0.621. The number of hydrogen-bond acceptors (Lipinski definition) is 5. The Balaban J connectivity index is 2.48. The minimum Gasteiger partial charge on any atom is -0.444 e. The first-order chi connectivity index (χ1) is 10.1. The highest BCUT2D eigenvalue weighted by Gasteiger charge is 2.16. The van der Waals surface area contributed by atoms with Crippen molar-refractivity contribution in [1.82, 2.24) is 14.9 Å². The van der Waals surface area contributed by atoms with E-state index in [0.29, 0.717) is 10.8 Å². The molecule has 0 aliphatic rings. The largest absolute Gasteiger partial charge is 0.444 e. The molecular weight excluding hydrogens is 297 g/mol. The van der Waals surface area contributed by atoms with Gasteiger partial charge in [-0.2, -0.15) is 4.39 Å². The molecule has 0 fully saturated rings. The van der Waals surface area contributed by atoms with E-state index in [-0.39, 0.29) is 19.4 Å². The van der Waals surface area contributed by atoms with Crippen LogP contribution in [0, 0.1) is 5.82 Å². The quantitative estimate of drug-likeness (QED) is 0.791. The lowest BCUT2D eigenvalue weighted by atomic mass is 10.2. The molecule has 0 unspecified atom stereocenters. The van der Waals surface area contributed by atoms with Crippen molar-refractivity contribution in [2.75, 3.05) is 6.54 Å². The number of alkyl carbamates (subject to hydrolysis) is 1. The second kappa shape index (κ2) is 7.01. The topological polar surface area (TPSA) is 110 Å². The summed E-state index contributed by atoms with van der Waals surface area (Å²) in [6.07, 6.45) is 0.0456. The standard InChI is InChI=1S/C13H18FN3O5/c1-13(2,3)22-12(21)15-6-4-5-9(18)17-7-8(14)10(19)16-11(17)20/h7H,4-6H2,1-3H3,(H,15,21)(H,16,19,20). The number of carbonyl (C=O) groups is 2. The smallest absolute Gasteiger partial charge is 0.407 e. The summed E-state index contributed by atoms with van der Waals surface area (Å²) in [5.41, 5.74) is -2.81. The molecule has 0 saturated heterocycles. The van der Waals surface area contributed by atoms with Gasteiger partial charge in [0, 0.05) is 13.0 Å². The van der Waals surface area contributed by atoms with E-state index in [2.05, 4.69) is 5.32 Å². The Morgan fingerprint density at radius 2 is 2.00 bits per heavy atom. The highest BCUT2D eigenvalue weighted by atomic mass is 19.1. The number of hydrogen-bond donors (Lipinski definition) is 2. The molecule has 0 aliphatic heterocycles. The maximum absolute atomic E-state index is 13.0. The molecule has 0 bridgehead atoms. The molecule has 1 rings (SSSR count). The second-order valence-corrected chi connectivity index (χ2v) is 5.53. The molecule has 122 valence electrons. The minimum atomic E-state index is -1.22. The fraction of sp³-hybridized carbons (Fsp3) is 0.538. The Hall–Kier alpha value is -2.45. The third kappa shape index (κ3) is 5.51. The summed E-state index contributed by atoms with van der Waals surface area (Å²) < 4.78 is 18.5. The first-order valence-electron chi connectivity index (χ1n) is 6.61. The number of nitrogens with zero attached hydrogens (tertiary/aromatic N) is 1. The molecular formula is C13H18FN3O5. The average molecular weight is 315 g/mol. The maximum Gasteiger partial charge on any atom is 0.407 e. The Labute approximate surface area is 125 Å². The second-order valence-electron chi connectivity index (χ2n) is 5.53. The molecule has 1 amide bonds. The molecule has 2 N–H and O–H groups in total. The SMILES string of the molecule is CC(C)(C)OC(=O)NCCCC(=O)n1cc(F)c(=O)[nH]c1=O. The van der Waals surface area contributed by atoms with Crippen LogP contribution < -0.4 is 16.6 Å². The zero-order chi connectivity index (χ0) is 16.9. The zero-order valence-electron chi connectivity index (χ0n) is 12.6. The van der Waals surface area contributed by atoms with Crippen LogP contribution in [0.3, 0.4) is 0 Å². The normalized spacial score (nSPS) is 11.1. The van der Waals surface area contributed by atoms with E-state index >= 15 is 0 Å². The Morgan fingerprint density at radius 1 is 1.36 bits per heavy atom. The average Bonchev–Trinajstić information content (AvgIpc) is 2.36. The lowest BCUT2D eigenvalue weighted by Gasteiger charge is -2.19. The highest BCUT2D eigenvalue weighted by Crippen LogP contribution is 2.06. The van der Waals surface area contributed by atoms with Gasteiger partial charge in [0.2, 0.25) is 11.7 Å². The number of amides is 1. The van der Waals surface area contributed by atoms with E-state index < -0.39 is 34.7 Å². The van der Waals surface area contributed by atoms with Crippen LogP contribution >= 0.6 is 0 Å². The molecule has 1 heterocycles. The molecule has 0 spiro atoms. The van der Waals surface area contributed by atoms with Gasteiger partial charge in [0.1, 0.15) is 5.60 Å². The van der Waals surface area contributed by atoms with Crippen molar-refractivity contribution >= 4 is 12.0 Å². The number of aromatic nitrogens is 2. The van der Waals surface area contributed by atoms with E-state index in [1.54, 1.807) is 25.8 Å². The van der Waals surface area contributed by atoms with E-state index in [9.17, 15) is 23.6 Å². The zero-order valence-corrected chi connectivity index (χ0v) is 12.6. The molecule has 0 radical (unpaired) electrons. The molecule has 22 heavy (non-hydrogen) atoms. The van der Waals surface area contributed by atoms with Crippen LogP contribution in [0.25, 0.3) is 0 Å². The predicted molar refractivity (Wildman–Crippen MR) is 75.4 cm³/mol. The number of ether oxygens (including phenoxy) is 1. The van der Waals surface area contributed by atoms with Gasteiger partial charge in [0.05, 0.1) is 6.20 Å². The van der Waals surface area contributed by atoms with Crippen LogP contribution in [0.5, 0.6) is 0 Å². The van der Waals surface area contributed by atoms with Crippen molar-refractivity contribution in [2.24, 2.45) is 0 Å². The Bertz CT molecular complexity index is 671. The van der Waals surface area contributed by atoms with Crippen molar-refractivity contribution in [2.45, 2.75) is 39.2 Å². The van der Waals surface area contributed by atoms with Gasteiger partial charge < -0.3 is 10.1 Å². The Morgan fingerprint density at radius 3 is 2.59 bits per heavy atom. The lowest BCUT2D eigenvalue weighted by molar-refractivity contribution is 0.0525. The lowest BCUT2D eigenvalue weighted by Crippen LogP contribution is -2.36. The summed E-state index contributed by atoms with van der Waals surface area (Å²) in [6.45, 7) is 5.30. The number of nitrogens with one attached hydrogen (secondary N) is 2. The van der Waals surface area contributed by atoms with Crippen LogP contribution in [-0.4, -0.2) is 33.7 Å². The molecule has 1 aromatic rings. The number of H-pyrrole nitrogens is 1. The van der Waals surface area contributed by atoms with Crippen molar-refractivity contribution in [3.63, 3.8) is 0 Å². The van der Waals surface area contributed by atoms with E-state index in [1.807, 2.05) is 0 Å². The summed E-state index contributed by atoms with van der Waals surface area (Å²) in [6, 6.07) is 0. The summed E-state index contributed by atoms with van der Waals surface area (Å²) in [5, 5.41) is 2.45. The number of rotatable bonds is 4. The number of aromatic amines is 1. The number of halogens is 1. The first kappa shape index (κ1) is 17.6. The first-order valence-corrected chi connectivity index (χ1v) is 6.61. The van der Waals surface area contributed by atoms with Gasteiger partial charge in [-0.1, -0.05) is 0 Å². The molecule has 0 saturated carbocycles. The van der Waals surface area contributed by atoms with Gasteiger partial charge >= 0.3 is 11.8 Å². The van der Waals surface area contributed by atoms with Crippen LogP contribution in [-0.2, 0) is 4.74 Å². The van der Waals surface area contributed by atoms with E-state index in [0.717, 1.165) is 0 Å². The van der Waals surface area contributed by atoms with Crippen LogP contribution in [0.15, 0.2) is 15.8 Å². The van der Waals surface area contributed by atoms with E-state index in [4.69, 9.17) is 4.74 Å². The monoisotopic (exact) mass is 315 g/mol. The molecule has 9 heteroatoms. The summed E-state index contributed by atoms with van der Waals surface area (Å²) >= 11 is 0. The summed E-state index contributed by atoms with van der Waals surface area (Å²) in [7, 11) is 0.